The number of rotatable bonds is 6. The number of aryl methyl sites for hydroxylation is 3. The molecule has 0 aliphatic carbocycles. The minimum atomic E-state index is 0.218. The van der Waals surface area contributed by atoms with Crippen LogP contribution in [-0.4, -0.2) is 21.3 Å². The summed E-state index contributed by atoms with van der Waals surface area (Å²) in [4.78, 5) is 13.3. The minimum Gasteiger partial charge on any atom is -0.298 e. The van der Waals surface area contributed by atoms with E-state index in [1.807, 2.05) is 18.5 Å². The van der Waals surface area contributed by atoms with Crippen LogP contribution in [0.15, 0.2) is 33.6 Å². The molecule has 2 rings (SSSR count). The van der Waals surface area contributed by atoms with Crippen molar-refractivity contribution in [2.24, 2.45) is 0 Å². The lowest BCUT2D eigenvalue weighted by Crippen LogP contribution is -2.11. The maximum atomic E-state index is 12.2. The molecule has 21 heavy (non-hydrogen) atoms. The van der Waals surface area contributed by atoms with Gasteiger partial charge < -0.3 is 0 Å². The molecule has 0 atom stereocenters. The van der Waals surface area contributed by atoms with E-state index in [4.69, 9.17) is 0 Å². The second-order valence-corrected chi connectivity index (χ2v) is 6.82. The molecule has 1 aromatic carbocycles. The number of carbonyl (C=O) groups excluding carboxylic acids is 1. The van der Waals surface area contributed by atoms with Crippen LogP contribution in [0.1, 0.15) is 23.9 Å². The number of aromatic nitrogens is 2. The van der Waals surface area contributed by atoms with Gasteiger partial charge in [0.2, 0.25) is 0 Å². The highest BCUT2D eigenvalue weighted by atomic mass is 79.9. The first-order chi connectivity index (χ1) is 10.0. The molecule has 112 valence electrons. The highest BCUT2D eigenvalue weighted by molar-refractivity contribution is 9.10. The molecule has 5 heteroatoms. The monoisotopic (exact) mass is 366 g/mol. The number of benzene rings is 1. The summed E-state index contributed by atoms with van der Waals surface area (Å²) >= 11 is 5.12. The van der Waals surface area contributed by atoms with Crippen molar-refractivity contribution in [2.75, 3.05) is 5.75 Å². The normalized spacial score (nSPS) is 10.9. The highest BCUT2D eigenvalue weighted by Crippen LogP contribution is 2.23. The Balaban J connectivity index is 1.97. The summed E-state index contributed by atoms with van der Waals surface area (Å²) in [6, 6.07) is 8.26. The van der Waals surface area contributed by atoms with E-state index in [0.29, 0.717) is 12.2 Å². The summed E-state index contributed by atoms with van der Waals surface area (Å²) in [5.41, 5.74) is 3.15. The molecule has 1 heterocycles. The Labute approximate surface area is 138 Å². The number of nitrogens with zero attached hydrogens (tertiary/aromatic N) is 2. The molecule has 0 amide bonds. The zero-order chi connectivity index (χ0) is 15.4. The summed E-state index contributed by atoms with van der Waals surface area (Å²) in [5.74, 6) is 0.708. The Bertz CT molecular complexity index is 634. The third kappa shape index (κ3) is 4.20. The van der Waals surface area contributed by atoms with Gasteiger partial charge in [-0.25, -0.2) is 0 Å². The highest BCUT2D eigenvalue weighted by Gasteiger charge is 2.15. The number of hydrogen-bond acceptors (Lipinski definition) is 3. The lowest BCUT2D eigenvalue weighted by atomic mass is 10.2. The summed E-state index contributed by atoms with van der Waals surface area (Å²) in [5, 5.41) is 4.42. The first-order valence-corrected chi connectivity index (χ1v) is 8.72. The molecule has 0 N–H and O–H groups in total. The molecule has 1 aromatic heterocycles. The zero-order valence-corrected chi connectivity index (χ0v) is 14.9. The number of hydrogen-bond donors (Lipinski definition) is 0. The molecule has 0 saturated carbocycles. The SMILES string of the molecule is CCn1nc(C)c(Br)c1CC(=O)CSc1ccc(C)cc1. The Morgan fingerprint density at radius 3 is 2.57 bits per heavy atom. The molecular weight excluding hydrogens is 348 g/mol. The summed E-state index contributed by atoms with van der Waals surface area (Å²) in [7, 11) is 0. The topological polar surface area (TPSA) is 34.9 Å². The van der Waals surface area contributed by atoms with Gasteiger partial charge in [0.15, 0.2) is 0 Å². The first-order valence-electron chi connectivity index (χ1n) is 6.94. The lowest BCUT2D eigenvalue weighted by Gasteiger charge is -2.05. The number of ketones is 1. The molecule has 0 spiro atoms. The molecule has 0 bridgehead atoms. The fourth-order valence-electron chi connectivity index (χ4n) is 2.07. The molecule has 0 saturated heterocycles. The Kier molecular flexibility index (Phi) is 5.65. The van der Waals surface area contributed by atoms with Crippen LogP contribution in [0, 0.1) is 13.8 Å². The number of Topliss-reactive ketones (excluding diaryl/α,β-unsaturated/α-hetero) is 1. The van der Waals surface area contributed by atoms with E-state index >= 15 is 0 Å². The van der Waals surface area contributed by atoms with Crippen LogP contribution in [0.5, 0.6) is 0 Å². The van der Waals surface area contributed by atoms with Crippen LogP contribution < -0.4 is 0 Å². The van der Waals surface area contributed by atoms with Gasteiger partial charge in [-0.15, -0.1) is 11.8 Å². The van der Waals surface area contributed by atoms with Gasteiger partial charge in [-0.05, 0) is 48.8 Å². The number of carbonyl (C=O) groups is 1. The predicted octanol–water partition coefficient (Wildman–Crippen LogP) is 4.19. The average molecular weight is 367 g/mol. The lowest BCUT2D eigenvalue weighted by molar-refractivity contribution is -0.116. The van der Waals surface area contributed by atoms with Crippen LogP contribution in [0.2, 0.25) is 0 Å². The molecule has 0 radical (unpaired) electrons. The molecular formula is C16H19BrN2OS. The van der Waals surface area contributed by atoms with Gasteiger partial charge in [-0.3, -0.25) is 9.48 Å². The summed E-state index contributed by atoms with van der Waals surface area (Å²) in [6.07, 6.45) is 0.425. The van der Waals surface area contributed by atoms with Crippen LogP contribution in [0.3, 0.4) is 0 Å². The van der Waals surface area contributed by atoms with Crippen LogP contribution in [0.25, 0.3) is 0 Å². The Hall–Kier alpha value is -1.07. The van der Waals surface area contributed by atoms with E-state index < -0.39 is 0 Å². The van der Waals surface area contributed by atoms with Gasteiger partial charge in [0, 0.05) is 11.4 Å². The van der Waals surface area contributed by atoms with E-state index in [0.717, 1.165) is 27.3 Å². The van der Waals surface area contributed by atoms with Crippen LogP contribution in [0.4, 0.5) is 0 Å². The van der Waals surface area contributed by atoms with Crippen molar-refractivity contribution >= 4 is 33.5 Å². The number of halogens is 1. The van der Waals surface area contributed by atoms with E-state index in [2.05, 4.69) is 52.2 Å². The van der Waals surface area contributed by atoms with E-state index in [9.17, 15) is 4.79 Å². The van der Waals surface area contributed by atoms with E-state index in [1.54, 1.807) is 11.8 Å². The van der Waals surface area contributed by atoms with Crippen molar-refractivity contribution in [2.45, 2.75) is 38.6 Å². The molecule has 3 nitrogen and oxygen atoms in total. The van der Waals surface area contributed by atoms with Crippen LogP contribution >= 0.6 is 27.7 Å². The van der Waals surface area contributed by atoms with E-state index in [-0.39, 0.29) is 5.78 Å². The van der Waals surface area contributed by atoms with E-state index in [1.165, 1.54) is 5.56 Å². The molecule has 0 aliphatic heterocycles. The Morgan fingerprint density at radius 2 is 1.95 bits per heavy atom. The second-order valence-electron chi connectivity index (χ2n) is 4.98. The van der Waals surface area contributed by atoms with Crippen molar-refractivity contribution in [1.82, 2.24) is 9.78 Å². The summed E-state index contributed by atoms with van der Waals surface area (Å²) in [6.45, 7) is 6.82. The van der Waals surface area contributed by atoms with Crippen LogP contribution in [-0.2, 0) is 17.8 Å². The fraction of sp³-hybridized carbons (Fsp3) is 0.375. The molecule has 0 aliphatic rings. The minimum absolute atomic E-state index is 0.218. The van der Waals surface area contributed by atoms with Crippen molar-refractivity contribution in [3.05, 3.63) is 45.7 Å². The van der Waals surface area contributed by atoms with Gasteiger partial charge in [0.05, 0.1) is 28.0 Å². The quantitative estimate of drug-likeness (QED) is 0.719. The Morgan fingerprint density at radius 1 is 1.29 bits per heavy atom. The molecule has 2 aromatic rings. The third-order valence-corrected chi connectivity index (χ3v) is 5.34. The predicted molar refractivity (Wildman–Crippen MR) is 91.0 cm³/mol. The summed E-state index contributed by atoms with van der Waals surface area (Å²) < 4.78 is 2.85. The van der Waals surface area contributed by atoms with Gasteiger partial charge in [-0.2, -0.15) is 5.10 Å². The van der Waals surface area contributed by atoms with Crippen molar-refractivity contribution in [1.29, 1.82) is 0 Å². The fourth-order valence-corrected chi connectivity index (χ4v) is 3.26. The second kappa shape index (κ2) is 7.27. The van der Waals surface area contributed by atoms with Crippen molar-refractivity contribution < 1.29 is 4.79 Å². The first kappa shape index (κ1) is 16.3. The standard InChI is InChI=1S/C16H19BrN2OS/c1-4-19-15(16(17)12(3)18-19)9-13(20)10-21-14-7-5-11(2)6-8-14/h5-8H,4,9-10H2,1-3H3. The molecule has 0 fully saturated rings. The smallest absolute Gasteiger partial charge is 0.149 e. The van der Waals surface area contributed by atoms with Gasteiger partial charge in [-0.1, -0.05) is 17.7 Å². The zero-order valence-electron chi connectivity index (χ0n) is 12.5. The van der Waals surface area contributed by atoms with Gasteiger partial charge in [0.1, 0.15) is 5.78 Å². The number of thioether (sulfide) groups is 1. The maximum Gasteiger partial charge on any atom is 0.149 e. The van der Waals surface area contributed by atoms with Gasteiger partial charge >= 0.3 is 0 Å². The third-order valence-electron chi connectivity index (χ3n) is 3.24. The largest absolute Gasteiger partial charge is 0.298 e. The van der Waals surface area contributed by atoms with Gasteiger partial charge in [0.25, 0.3) is 0 Å². The maximum absolute atomic E-state index is 12.2. The molecule has 0 unspecified atom stereocenters. The van der Waals surface area contributed by atoms with Crippen molar-refractivity contribution in [3.63, 3.8) is 0 Å². The van der Waals surface area contributed by atoms with Crippen molar-refractivity contribution in [3.8, 4) is 0 Å². The average Bonchev–Trinajstić information content (AvgIpc) is 2.74.